The van der Waals surface area contributed by atoms with Gasteiger partial charge >= 0.3 is 0 Å². The molecular weight excluding hydrogens is 337 g/mol. The third-order valence-electron chi connectivity index (χ3n) is 3.21. The van der Waals surface area contributed by atoms with Gasteiger partial charge in [0.25, 0.3) is 0 Å². The average molecular weight is 367 g/mol. The van der Waals surface area contributed by atoms with E-state index in [1.54, 1.807) is 0 Å². The zero-order valence-electron chi connectivity index (χ0n) is 12.4. The van der Waals surface area contributed by atoms with Gasteiger partial charge in [0.2, 0.25) is 0 Å². The number of halogens is 1. The Hall–Kier alpha value is 0. The maximum absolute atomic E-state index is 4.66. The summed E-state index contributed by atoms with van der Waals surface area (Å²) in [5.41, 5.74) is 0. The summed E-state index contributed by atoms with van der Waals surface area (Å²) in [6.07, 6.45) is 3.80. The number of hydrogen-bond donors (Lipinski definition) is 1. The minimum atomic E-state index is 0. The molecule has 0 saturated carbocycles. The third kappa shape index (κ3) is 6.25. The summed E-state index contributed by atoms with van der Waals surface area (Å²) in [5.74, 6) is 2.80. The van der Waals surface area contributed by atoms with Crippen molar-refractivity contribution < 1.29 is 0 Å². The van der Waals surface area contributed by atoms with Crippen molar-refractivity contribution in [2.45, 2.75) is 47.0 Å². The van der Waals surface area contributed by atoms with Gasteiger partial charge in [-0.2, -0.15) is 0 Å². The minimum Gasteiger partial charge on any atom is -0.357 e. The Morgan fingerprint density at radius 3 is 2.67 bits per heavy atom. The van der Waals surface area contributed by atoms with Crippen LogP contribution in [0.15, 0.2) is 4.99 Å². The fourth-order valence-electron chi connectivity index (χ4n) is 2.53. The van der Waals surface area contributed by atoms with Crippen molar-refractivity contribution in [2.24, 2.45) is 16.8 Å². The van der Waals surface area contributed by atoms with Crippen LogP contribution in [0, 0.1) is 11.8 Å². The molecule has 108 valence electrons. The highest BCUT2D eigenvalue weighted by molar-refractivity contribution is 14.0. The first-order valence-corrected chi connectivity index (χ1v) is 7.20. The Kier molecular flexibility index (Phi) is 9.87. The van der Waals surface area contributed by atoms with Gasteiger partial charge in [-0.25, -0.2) is 0 Å². The van der Waals surface area contributed by atoms with E-state index in [2.05, 4.69) is 42.9 Å². The highest BCUT2D eigenvalue weighted by Gasteiger charge is 2.25. The Bertz CT molecular complexity index is 241. The maximum Gasteiger partial charge on any atom is 0.193 e. The number of rotatable bonds is 5. The molecule has 0 bridgehead atoms. The van der Waals surface area contributed by atoms with Gasteiger partial charge in [-0.1, -0.05) is 20.8 Å². The predicted molar refractivity (Wildman–Crippen MR) is 90.8 cm³/mol. The van der Waals surface area contributed by atoms with E-state index in [1.165, 1.54) is 25.9 Å². The Labute approximate surface area is 130 Å². The van der Waals surface area contributed by atoms with Crippen LogP contribution in [0.1, 0.15) is 47.0 Å². The number of likely N-dealkylation sites (tertiary alicyclic amines) is 1. The summed E-state index contributed by atoms with van der Waals surface area (Å²) in [5, 5.41) is 3.41. The molecule has 4 heteroatoms. The zero-order valence-corrected chi connectivity index (χ0v) is 14.7. The lowest BCUT2D eigenvalue weighted by molar-refractivity contribution is 0.403. The normalized spacial score (nSPS) is 20.2. The highest BCUT2D eigenvalue weighted by Crippen LogP contribution is 2.23. The topological polar surface area (TPSA) is 27.6 Å². The molecule has 3 nitrogen and oxygen atoms in total. The van der Waals surface area contributed by atoms with E-state index in [9.17, 15) is 0 Å². The van der Waals surface area contributed by atoms with Crippen molar-refractivity contribution in [3.05, 3.63) is 0 Å². The molecule has 1 unspecified atom stereocenters. The van der Waals surface area contributed by atoms with Crippen LogP contribution >= 0.6 is 24.0 Å². The maximum atomic E-state index is 4.66. The fraction of sp³-hybridized carbons (Fsp3) is 0.929. The smallest absolute Gasteiger partial charge is 0.193 e. The SMILES string of the molecule is CCCN=C(NCC)N1CCC(CC(C)C)C1.I. The van der Waals surface area contributed by atoms with Crippen LogP contribution in [-0.4, -0.2) is 37.0 Å². The molecule has 0 amide bonds. The summed E-state index contributed by atoms with van der Waals surface area (Å²) in [7, 11) is 0. The monoisotopic (exact) mass is 367 g/mol. The quantitative estimate of drug-likeness (QED) is 0.459. The molecule has 1 atom stereocenters. The number of guanidine groups is 1. The van der Waals surface area contributed by atoms with Crippen molar-refractivity contribution >= 4 is 29.9 Å². The summed E-state index contributed by atoms with van der Waals surface area (Å²) >= 11 is 0. The van der Waals surface area contributed by atoms with Gasteiger partial charge in [0.1, 0.15) is 0 Å². The van der Waals surface area contributed by atoms with E-state index in [1.807, 2.05) is 0 Å². The third-order valence-corrected chi connectivity index (χ3v) is 3.21. The lowest BCUT2D eigenvalue weighted by Crippen LogP contribution is -2.40. The van der Waals surface area contributed by atoms with Gasteiger partial charge in [0.05, 0.1) is 0 Å². The molecule has 1 N–H and O–H groups in total. The number of nitrogens with zero attached hydrogens (tertiary/aromatic N) is 2. The Morgan fingerprint density at radius 2 is 2.11 bits per heavy atom. The van der Waals surface area contributed by atoms with E-state index in [0.717, 1.165) is 37.3 Å². The molecule has 18 heavy (non-hydrogen) atoms. The first kappa shape index (κ1) is 18.0. The molecule has 1 fully saturated rings. The molecule has 0 aromatic rings. The molecule has 1 heterocycles. The van der Waals surface area contributed by atoms with Gasteiger partial charge in [0, 0.05) is 26.2 Å². The van der Waals surface area contributed by atoms with E-state index < -0.39 is 0 Å². The summed E-state index contributed by atoms with van der Waals surface area (Å²) in [6.45, 7) is 13.2. The lowest BCUT2D eigenvalue weighted by Gasteiger charge is -2.22. The molecule has 0 aliphatic carbocycles. The number of hydrogen-bond acceptors (Lipinski definition) is 1. The highest BCUT2D eigenvalue weighted by atomic mass is 127. The average Bonchev–Trinajstić information content (AvgIpc) is 2.71. The van der Waals surface area contributed by atoms with Crippen molar-refractivity contribution in [1.82, 2.24) is 10.2 Å². The molecule has 0 radical (unpaired) electrons. The van der Waals surface area contributed by atoms with Crippen LogP contribution < -0.4 is 5.32 Å². The van der Waals surface area contributed by atoms with E-state index in [4.69, 9.17) is 0 Å². The molecule has 1 rings (SSSR count). The second-order valence-corrected chi connectivity index (χ2v) is 5.47. The van der Waals surface area contributed by atoms with E-state index in [0.29, 0.717) is 0 Å². The van der Waals surface area contributed by atoms with Gasteiger partial charge in [-0.05, 0) is 38.0 Å². The molecule has 0 aromatic heterocycles. The summed E-state index contributed by atoms with van der Waals surface area (Å²) < 4.78 is 0. The fourth-order valence-corrected chi connectivity index (χ4v) is 2.53. The van der Waals surface area contributed by atoms with Crippen LogP contribution in [0.5, 0.6) is 0 Å². The van der Waals surface area contributed by atoms with Crippen molar-refractivity contribution in [3.63, 3.8) is 0 Å². The first-order valence-electron chi connectivity index (χ1n) is 7.20. The van der Waals surface area contributed by atoms with Crippen LogP contribution in [0.2, 0.25) is 0 Å². The van der Waals surface area contributed by atoms with Gasteiger partial charge < -0.3 is 10.2 Å². The summed E-state index contributed by atoms with van der Waals surface area (Å²) in [4.78, 5) is 7.10. The molecular formula is C14H30IN3. The zero-order chi connectivity index (χ0) is 12.7. The minimum absolute atomic E-state index is 0. The lowest BCUT2D eigenvalue weighted by atomic mass is 9.97. The van der Waals surface area contributed by atoms with Crippen LogP contribution in [0.4, 0.5) is 0 Å². The predicted octanol–water partition coefficient (Wildman–Crippen LogP) is 3.35. The largest absolute Gasteiger partial charge is 0.357 e. The van der Waals surface area contributed by atoms with Crippen LogP contribution in [-0.2, 0) is 0 Å². The van der Waals surface area contributed by atoms with Crippen molar-refractivity contribution in [3.8, 4) is 0 Å². The standard InChI is InChI=1S/C14H29N3.HI/c1-5-8-16-14(15-6-2)17-9-7-13(11-17)10-12(3)4;/h12-13H,5-11H2,1-4H3,(H,15,16);1H. The molecule has 0 aromatic carbocycles. The number of aliphatic imine (C=N–C) groups is 1. The van der Waals surface area contributed by atoms with Gasteiger partial charge in [-0.15, -0.1) is 24.0 Å². The number of nitrogens with one attached hydrogen (secondary N) is 1. The molecule has 1 aliphatic heterocycles. The first-order chi connectivity index (χ1) is 8.17. The second-order valence-electron chi connectivity index (χ2n) is 5.47. The summed E-state index contributed by atoms with van der Waals surface area (Å²) in [6, 6.07) is 0. The molecule has 1 saturated heterocycles. The van der Waals surface area contributed by atoms with E-state index in [-0.39, 0.29) is 24.0 Å². The second kappa shape index (κ2) is 9.87. The molecule has 0 spiro atoms. The van der Waals surface area contributed by atoms with E-state index >= 15 is 0 Å². The van der Waals surface area contributed by atoms with Crippen LogP contribution in [0.25, 0.3) is 0 Å². The Balaban J connectivity index is 0.00000289. The molecule has 1 aliphatic rings. The van der Waals surface area contributed by atoms with Crippen molar-refractivity contribution in [1.29, 1.82) is 0 Å². The van der Waals surface area contributed by atoms with Gasteiger partial charge in [-0.3, -0.25) is 4.99 Å². The van der Waals surface area contributed by atoms with Crippen LogP contribution in [0.3, 0.4) is 0 Å². The van der Waals surface area contributed by atoms with Gasteiger partial charge in [0.15, 0.2) is 5.96 Å². The Morgan fingerprint density at radius 1 is 1.39 bits per heavy atom. The van der Waals surface area contributed by atoms with Crippen molar-refractivity contribution in [2.75, 3.05) is 26.2 Å².